The van der Waals surface area contributed by atoms with Crippen LogP contribution >= 0.6 is 0 Å². The highest BCUT2D eigenvalue weighted by Crippen LogP contribution is 2.22. The average Bonchev–Trinajstić information content (AvgIpc) is 2.57. The molecule has 0 unspecified atom stereocenters. The first-order valence-corrected chi connectivity index (χ1v) is 8.90. The van der Waals surface area contributed by atoms with Gasteiger partial charge in [0.2, 0.25) is 0 Å². The van der Waals surface area contributed by atoms with Crippen molar-refractivity contribution in [1.29, 1.82) is 0 Å². The summed E-state index contributed by atoms with van der Waals surface area (Å²) in [5.74, 6) is -0.752. The van der Waals surface area contributed by atoms with E-state index in [0.29, 0.717) is 18.0 Å². The first-order chi connectivity index (χ1) is 12.1. The molecule has 0 aliphatic heterocycles. The van der Waals surface area contributed by atoms with E-state index in [9.17, 15) is 14.4 Å². The Morgan fingerprint density at radius 2 is 1.65 bits per heavy atom. The van der Waals surface area contributed by atoms with Gasteiger partial charge in [-0.15, -0.1) is 0 Å². The Morgan fingerprint density at radius 1 is 1.04 bits per heavy atom. The van der Waals surface area contributed by atoms with Crippen LogP contribution in [0.25, 0.3) is 0 Å². The fourth-order valence-corrected chi connectivity index (χ4v) is 2.09. The monoisotopic (exact) mass is 362 g/mol. The topological polar surface area (TPSA) is 84.5 Å². The van der Waals surface area contributed by atoms with Gasteiger partial charge in [-0.2, -0.15) is 0 Å². The molecular formula is C20H30N2O4. The van der Waals surface area contributed by atoms with Crippen molar-refractivity contribution < 1.29 is 19.1 Å². The first kappa shape index (κ1) is 21.7. The average molecular weight is 362 g/mol. The fraction of sp³-hybridized carbons (Fsp3) is 0.550. The van der Waals surface area contributed by atoms with E-state index in [0.717, 1.165) is 5.56 Å². The lowest BCUT2D eigenvalue weighted by atomic mass is 9.87. The maximum Gasteiger partial charge on any atom is 0.308 e. The predicted octanol–water partition coefficient (Wildman–Crippen LogP) is 2.42. The van der Waals surface area contributed by atoms with Gasteiger partial charge in [-0.1, -0.05) is 46.8 Å². The molecule has 0 atom stereocenters. The van der Waals surface area contributed by atoms with Crippen molar-refractivity contribution in [3.05, 3.63) is 35.4 Å². The van der Waals surface area contributed by atoms with Crippen LogP contribution in [0.3, 0.4) is 0 Å². The fourth-order valence-electron chi connectivity index (χ4n) is 2.09. The van der Waals surface area contributed by atoms with Gasteiger partial charge in [0, 0.05) is 18.7 Å². The number of hydrogen-bond donors (Lipinski definition) is 2. The Bertz CT molecular complexity index is 616. The van der Waals surface area contributed by atoms with Crippen molar-refractivity contribution in [3.63, 3.8) is 0 Å². The largest absolute Gasteiger partial charge is 0.456 e. The third kappa shape index (κ3) is 8.14. The van der Waals surface area contributed by atoms with Gasteiger partial charge < -0.3 is 15.4 Å². The van der Waals surface area contributed by atoms with Crippen LogP contribution in [0, 0.1) is 5.92 Å². The molecule has 0 aromatic heterocycles. The highest BCUT2D eigenvalue weighted by atomic mass is 16.5. The summed E-state index contributed by atoms with van der Waals surface area (Å²) in [5.41, 5.74) is 1.72. The van der Waals surface area contributed by atoms with E-state index in [-0.39, 0.29) is 36.8 Å². The van der Waals surface area contributed by atoms with Crippen LogP contribution in [0.1, 0.15) is 57.0 Å². The summed E-state index contributed by atoms with van der Waals surface area (Å²) < 4.78 is 4.87. The molecule has 1 aromatic rings. The van der Waals surface area contributed by atoms with Crippen molar-refractivity contribution in [2.45, 2.75) is 46.5 Å². The summed E-state index contributed by atoms with van der Waals surface area (Å²) in [4.78, 5) is 35.1. The van der Waals surface area contributed by atoms with Gasteiger partial charge in [0.25, 0.3) is 11.8 Å². The highest BCUT2D eigenvalue weighted by Gasteiger charge is 2.14. The van der Waals surface area contributed by atoms with Crippen LogP contribution in [-0.2, 0) is 19.7 Å². The zero-order chi connectivity index (χ0) is 19.7. The minimum atomic E-state index is -0.520. The van der Waals surface area contributed by atoms with Crippen LogP contribution in [0.4, 0.5) is 0 Å². The molecule has 26 heavy (non-hydrogen) atoms. The lowest BCUT2D eigenvalue weighted by Gasteiger charge is -2.19. The van der Waals surface area contributed by atoms with Gasteiger partial charge >= 0.3 is 5.97 Å². The van der Waals surface area contributed by atoms with E-state index in [1.807, 2.05) is 26.0 Å². The molecule has 1 rings (SSSR count). The second kappa shape index (κ2) is 9.94. The predicted molar refractivity (Wildman–Crippen MR) is 101 cm³/mol. The minimum absolute atomic E-state index is 0.0171. The number of hydrogen-bond acceptors (Lipinski definition) is 4. The summed E-state index contributed by atoms with van der Waals surface area (Å²) in [5, 5.41) is 5.34. The summed E-state index contributed by atoms with van der Waals surface area (Å²) in [6.45, 7) is 10.7. The molecule has 0 bridgehead atoms. The van der Waals surface area contributed by atoms with E-state index in [1.165, 1.54) is 0 Å². The second-order valence-corrected chi connectivity index (χ2v) is 7.69. The number of rotatable bonds is 8. The molecule has 2 N–H and O–H groups in total. The summed E-state index contributed by atoms with van der Waals surface area (Å²) >= 11 is 0. The molecule has 0 aliphatic carbocycles. The molecule has 0 saturated carbocycles. The number of amides is 2. The number of nitrogens with one attached hydrogen (secondary N) is 2. The first-order valence-electron chi connectivity index (χ1n) is 8.90. The van der Waals surface area contributed by atoms with Crippen LogP contribution in [-0.4, -0.2) is 37.5 Å². The Morgan fingerprint density at radius 3 is 2.19 bits per heavy atom. The van der Waals surface area contributed by atoms with E-state index < -0.39 is 5.97 Å². The number of esters is 1. The molecule has 144 valence electrons. The number of ether oxygens (including phenoxy) is 1. The normalized spacial score (nSPS) is 11.2. The number of carbonyl (C=O) groups excluding carboxylic acids is 3. The van der Waals surface area contributed by atoms with Gasteiger partial charge in [-0.25, -0.2) is 0 Å². The van der Waals surface area contributed by atoms with E-state index in [2.05, 4.69) is 31.4 Å². The van der Waals surface area contributed by atoms with Crippen molar-refractivity contribution in [3.8, 4) is 0 Å². The molecular weight excluding hydrogens is 332 g/mol. The van der Waals surface area contributed by atoms with Gasteiger partial charge in [0.05, 0.1) is 6.42 Å². The van der Waals surface area contributed by atoms with Crippen LogP contribution in [0.2, 0.25) is 0 Å². The quantitative estimate of drug-likeness (QED) is 0.696. The van der Waals surface area contributed by atoms with E-state index in [1.54, 1.807) is 12.1 Å². The molecule has 6 nitrogen and oxygen atoms in total. The van der Waals surface area contributed by atoms with Crippen molar-refractivity contribution >= 4 is 17.8 Å². The van der Waals surface area contributed by atoms with E-state index in [4.69, 9.17) is 4.74 Å². The van der Waals surface area contributed by atoms with Crippen molar-refractivity contribution in [1.82, 2.24) is 10.6 Å². The molecule has 0 aliphatic rings. The standard InChI is InChI=1S/C20H30N2O4/c1-14(2)12-22-17(23)13-26-18(24)10-11-21-19(25)15-6-8-16(9-7-15)20(3,4)5/h6-9,14H,10-13H2,1-5H3,(H,21,25)(H,22,23). The summed E-state index contributed by atoms with van der Waals surface area (Å²) in [6, 6.07) is 7.40. The highest BCUT2D eigenvalue weighted by molar-refractivity contribution is 5.94. The zero-order valence-electron chi connectivity index (χ0n) is 16.3. The maximum absolute atomic E-state index is 12.1. The molecule has 1 aromatic carbocycles. The van der Waals surface area contributed by atoms with Crippen LogP contribution in [0.15, 0.2) is 24.3 Å². The Hall–Kier alpha value is -2.37. The lowest BCUT2D eigenvalue weighted by Crippen LogP contribution is -2.32. The Balaban J connectivity index is 2.30. The molecule has 0 spiro atoms. The number of carbonyl (C=O) groups is 3. The molecule has 0 saturated heterocycles. The Labute approximate surface area is 155 Å². The third-order valence-electron chi connectivity index (χ3n) is 3.70. The lowest BCUT2D eigenvalue weighted by molar-refractivity contribution is -0.148. The van der Waals surface area contributed by atoms with Crippen molar-refractivity contribution in [2.24, 2.45) is 5.92 Å². The van der Waals surface area contributed by atoms with Crippen LogP contribution < -0.4 is 10.6 Å². The molecule has 2 amide bonds. The van der Waals surface area contributed by atoms with Crippen molar-refractivity contribution in [2.75, 3.05) is 19.7 Å². The van der Waals surface area contributed by atoms with Gasteiger partial charge in [0.1, 0.15) is 0 Å². The SMILES string of the molecule is CC(C)CNC(=O)COC(=O)CCNC(=O)c1ccc(C(C)(C)C)cc1. The maximum atomic E-state index is 12.1. The zero-order valence-corrected chi connectivity index (χ0v) is 16.3. The van der Waals surface area contributed by atoms with Gasteiger partial charge in [0.15, 0.2) is 6.61 Å². The smallest absolute Gasteiger partial charge is 0.308 e. The molecule has 6 heteroatoms. The number of benzene rings is 1. The molecule has 0 heterocycles. The molecule has 0 fully saturated rings. The summed E-state index contributed by atoms with van der Waals surface area (Å²) in [6.07, 6.45) is 0.0171. The third-order valence-corrected chi connectivity index (χ3v) is 3.70. The summed E-state index contributed by atoms with van der Waals surface area (Å²) in [7, 11) is 0. The Kier molecular flexibility index (Phi) is 8.29. The van der Waals surface area contributed by atoms with Crippen LogP contribution in [0.5, 0.6) is 0 Å². The van der Waals surface area contributed by atoms with Gasteiger partial charge in [-0.3, -0.25) is 14.4 Å². The van der Waals surface area contributed by atoms with Gasteiger partial charge in [-0.05, 0) is 29.0 Å². The van der Waals surface area contributed by atoms with E-state index >= 15 is 0 Å². The molecule has 0 radical (unpaired) electrons. The minimum Gasteiger partial charge on any atom is -0.456 e. The second-order valence-electron chi connectivity index (χ2n) is 7.69.